The lowest BCUT2D eigenvalue weighted by atomic mass is 9.83. The van der Waals surface area contributed by atoms with Crippen LogP contribution in [-0.2, 0) is 23.2 Å². The minimum Gasteiger partial charge on any atom is -0.494 e. The zero-order valence-corrected chi connectivity index (χ0v) is 19.1. The second kappa shape index (κ2) is 12.6. The van der Waals surface area contributed by atoms with Gasteiger partial charge in [-0.15, -0.1) is 0 Å². The van der Waals surface area contributed by atoms with Gasteiger partial charge in [0.25, 0.3) is 0 Å². The van der Waals surface area contributed by atoms with E-state index in [1.807, 2.05) is 48.5 Å². The van der Waals surface area contributed by atoms with E-state index in [2.05, 4.69) is 31.4 Å². The highest BCUT2D eigenvalue weighted by molar-refractivity contribution is 5.67. The van der Waals surface area contributed by atoms with Gasteiger partial charge in [0.2, 0.25) is 0 Å². The standard InChI is InChI=1S/C25H34N2O5/c1-25(2,3)22-17-21(12-11-20(22)13-15-26-23(28)29)31-16-8-7-14-27-24(30)32-18-19-9-5-4-6-10-19/h4-6,9-12,17,26H,7-8,13-16,18H2,1-3H3,(H,27,30)(H,28,29). The molecule has 174 valence electrons. The highest BCUT2D eigenvalue weighted by Crippen LogP contribution is 2.30. The van der Waals surface area contributed by atoms with Gasteiger partial charge in [-0.2, -0.15) is 0 Å². The summed E-state index contributed by atoms with van der Waals surface area (Å²) in [7, 11) is 0. The molecule has 0 aromatic heterocycles. The predicted molar refractivity (Wildman–Crippen MR) is 124 cm³/mol. The molecule has 2 rings (SSSR count). The summed E-state index contributed by atoms with van der Waals surface area (Å²) >= 11 is 0. The largest absolute Gasteiger partial charge is 0.494 e. The van der Waals surface area contributed by atoms with Gasteiger partial charge in [0.15, 0.2) is 0 Å². The Bertz CT molecular complexity index is 862. The van der Waals surface area contributed by atoms with Crippen molar-refractivity contribution < 1.29 is 24.2 Å². The third kappa shape index (κ3) is 9.29. The van der Waals surface area contributed by atoms with Crippen LogP contribution in [0, 0.1) is 0 Å². The maximum absolute atomic E-state index is 11.7. The molecule has 0 heterocycles. The van der Waals surface area contributed by atoms with Crippen molar-refractivity contribution in [2.24, 2.45) is 0 Å². The summed E-state index contributed by atoms with van der Waals surface area (Å²) in [5.74, 6) is 0.792. The van der Waals surface area contributed by atoms with Crippen molar-refractivity contribution in [1.29, 1.82) is 0 Å². The molecule has 0 bridgehead atoms. The molecule has 0 atom stereocenters. The SMILES string of the molecule is CC(C)(C)c1cc(OCCCCNC(=O)OCc2ccccc2)ccc1CCNC(=O)O. The predicted octanol–water partition coefficient (Wildman–Crippen LogP) is 4.88. The number of benzene rings is 2. The number of hydrogen-bond donors (Lipinski definition) is 3. The van der Waals surface area contributed by atoms with Crippen LogP contribution in [0.1, 0.15) is 50.3 Å². The lowest BCUT2D eigenvalue weighted by Gasteiger charge is -2.24. The van der Waals surface area contributed by atoms with Crippen molar-refractivity contribution in [1.82, 2.24) is 10.6 Å². The molecule has 2 amide bonds. The second-order valence-corrected chi connectivity index (χ2v) is 8.59. The average molecular weight is 443 g/mol. The summed E-state index contributed by atoms with van der Waals surface area (Å²) in [5, 5.41) is 13.9. The molecule has 0 saturated carbocycles. The van der Waals surface area contributed by atoms with Crippen molar-refractivity contribution in [3.05, 3.63) is 65.2 Å². The van der Waals surface area contributed by atoms with Gasteiger partial charge in [0.05, 0.1) is 6.61 Å². The number of hydrogen-bond acceptors (Lipinski definition) is 4. The molecular weight excluding hydrogens is 408 g/mol. The van der Waals surface area contributed by atoms with Gasteiger partial charge in [0, 0.05) is 13.1 Å². The molecule has 0 fully saturated rings. The Morgan fingerprint density at radius 2 is 1.72 bits per heavy atom. The lowest BCUT2D eigenvalue weighted by molar-refractivity contribution is 0.139. The Hall–Kier alpha value is -3.22. The lowest BCUT2D eigenvalue weighted by Crippen LogP contribution is -2.25. The monoisotopic (exact) mass is 442 g/mol. The van der Waals surface area contributed by atoms with Gasteiger partial charge in [0.1, 0.15) is 12.4 Å². The molecule has 0 unspecified atom stereocenters. The smallest absolute Gasteiger partial charge is 0.407 e. The first-order valence-electron chi connectivity index (χ1n) is 10.9. The molecule has 0 radical (unpaired) electrons. The number of rotatable bonds is 11. The number of carbonyl (C=O) groups excluding carboxylic acids is 1. The van der Waals surface area contributed by atoms with Crippen LogP contribution in [-0.4, -0.2) is 37.0 Å². The van der Waals surface area contributed by atoms with E-state index in [9.17, 15) is 9.59 Å². The maximum atomic E-state index is 11.7. The van der Waals surface area contributed by atoms with Gasteiger partial charge in [-0.05, 0) is 53.5 Å². The summed E-state index contributed by atoms with van der Waals surface area (Å²) < 4.78 is 11.1. The maximum Gasteiger partial charge on any atom is 0.407 e. The van der Waals surface area contributed by atoms with Crippen molar-refractivity contribution in [3.63, 3.8) is 0 Å². The zero-order chi connectivity index (χ0) is 23.4. The van der Waals surface area contributed by atoms with Crippen molar-refractivity contribution in [2.45, 2.75) is 52.1 Å². The van der Waals surface area contributed by atoms with Crippen LogP contribution in [0.5, 0.6) is 5.75 Å². The summed E-state index contributed by atoms with van der Waals surface area (Å²) in [6, 6.07) is 15.5. The van der Waals surface area contributed by atoms with E-state index in [1.54, 1.807) is 0 Å². The Morgan fingerprint density at radius 1 is 0.969 bits per heavy atom. The van der Waals surface area contributed by atoms with Crippen molar-refractivity contribution in [3.8, 4) is 5.75 Å². The number of carbonyl (C=O) groups is 2. The zero-order valence-electron chi connectivity index (χ0n) is 19.1. The molecule has 0 aliphatic carbocycles. The van der Waals surface area contributed by atoms with Crippen LogP contribution in [0.3, 0.4) is 0 Å². The minimum atomic E-state index is -1.01. The third-order valence-corrected chi connectivity index (χ3v) is 4.88. The van der Waals surface area contributed by atoms with Gasteiger partial charge in [-0.25, -0.2) is 9.59 Å². The fourth-order valence-corrected chi connectivity index (χ4v) is 3.25. The van der Waals surface area contributed by atoms with E-state index in [4.69, 9.17) is 14.6 Å². The van der Waals surface area contributed by atoms with Crippen LogP contribution in [0.15, 0.2) is 48.5 Å². The van der Waals surface area contributed by atoms with E-state index in [0.29, 0.717) is 26.1 Å². The van der Waals surface area contributed by atoms with E-state index < -0.39 is 12.2 Å². The van der Waals surface area contributed by atoms with Crippen LogP contribution in [0.25, 0.3) is 0 Å². The van der Waals surface area contributed by atoms with E-state index >= 15 is 0 Å². The number of ether oxygens (including phenoxy) is 2. The Balaban J connectivity index is 1.70. The highest BCUT2D eigenvalue weighted by Gasteiger charge is 2.19. The average Bonchev–Trinajstić information content (AvgIpc) is 2.75. The highest BCUT2D eigenvalue weighted by atomic mass is 16.5. The number of unbranched alkanes of at least 4 members (excludes halogenated alkanes) is 1. The van der Waals surface area contributed by atoms with Crippen LogP contribution in [0.2, 0.25) is 0 Å². The molecular formula is C25H34N2O5. The van der Waals surface area contributed by atoms with Crippen LogP contribution < -0.4 is 15.4 Å². The second-order valence-electron chi connectivity index (χ2n) is 8.59. The molecule has 0 spiro atoms. The minimum absolute atomic E-state index is 0.0814. The quantitative estimate of drug-likeness (QED) is 0.431. The fraction of sp³-hybridized carbons (Fsp3) is 0.440. The summed E-state index contributed by atoms with van der Waals surface area (Å²) in [4.78, 5) is 22.4. The first kappa shape index (κ1) is 25.0. The summed E-state index contributed by atoms with van der Waals surface area (Å²) in [6.07, 6.45) is 0.781. The van der Waals surface area contributed by atoms with Crippen LogP contribution in [0.4, 0.5) is 9.59 Å². The number of carboxylic acid groups (broad SMARTS) is 1. The van der Waals surface area contributed by atoms with Crippen LogP contribution >= 0.6 is 0 Å². The molecule has 2 aromatic rings. The first-order chi connectivity index (χ1) is 15.3. The van der Waals surface area contributed by atoms with Gasteiger partial charge < -0.3 is 25.2 Å². The molecule has 32 heavy (non-hydrogen) atoms. The normalized spacial score (nSPS) is 11.0. The third-order valence-electron chi connectivity index (χ3n) is 4.88. The van der Waals surface area contributed by atoms with Crippen molar-refractivity contribution >= 4 is 12.2 Å². The van der Waals surface area contributed by atoms with Gasteiger partial charge in [-0.1, -0.05) is 57.2 Å². The fourth-order valence-electron chi connectivity index (χ4n) is 3.25. The number of alkyl carbamates (subject to hydrolysis) is 1. The molecule has 3 N–H and O–H groups in total. The molecule has 0 aliphatic rings. The first-order valence-corrected chi connectivity index (χ1v) is 10.9. The Morgan fingerprint density at radius 3 is 2.41 bits per heavy atom. The summed E-state index contributed by atoms with van der Waals surface area (Å²) in [5.41, 5.74) is 3.12. The molecule has 0 saturated heterocycles. The topological polar surface area (TPSA) is 96.9 Å². The molecule has 7 heteroatoms. The van der Waals surface area contributed by atoms with Crippen molar-refractivity contribution in [2.75, 3.05) is 19.7 Å². The van der Waals surface area contributed by atoms with Gasteiger partial charge in [-0.3, -0.25) is 0 Å². The number of nitrogens with one attached hydrogen (secondary N) is 2. The van der Waals surface area contributed by atoms with E-state index in [1.165, 1.54) is 0 Å². The van der Waals surface area contributed by atoms with Gasteiger partial charge >= 0.3 is 12.2 Å². The Kier molecular flexibility index (Phi) is 9.85. The Labute approximate surface area is 190 Å². The van der Waals surface area contributed by atoms with E-state index in [-0.39, 0.29) is 12.0 Å². The number of amides is 2. The molecule has 0 aliphatic heterocycles. The molecule has 2 aromatic carbocycles. The summed E-state index contributed by atoms with van der Waals surface area (Å²) in [6.45, 7) is 8.09. The molecule has 7 nitrogen and oxygen atoms in total. The van der Waals surface area contributed by atoms with E-state index in [0.717, 1.165) is 35.3 Å².